The maximum absolute atomic E-state index is 13.1. The van der Waals surface area contributed by atoms with Crippen LogP contribution in [0.5, 0.6) is 46.0 Å². The standard InChI is InChI=1S/C59H66O30/c1-24-54(89-41(64)15-9-26-6-12-30(13-7-26)82-57-50(73)47(70)44(67)38(87-57)22-79-40(63)14-8-25-4-10-28(61)11-5-25)49(72)53(76)56(81-24)80-23-39-45(68)48(71)52(75)59(88-39)85-36-20-31-32(83-55(36)27-16-34(77-2)42(65)35(17-27)78-3)18-29(62)19-33(31)84-58-51(74)46(69)43(66)37(21-60)86-58/h4-20,24,37-39,43-54,56-60,66-76H,21-23H2,1-3H3,(H2-,61,62,63,65)/p+1. The lowest BCUT2D eigenvalue weighted by Gasteiger charge is -2.42. The molecule has 0 spiro atoms. The zero-order chi connectivity index (χ0) is 64.1. The first-order valence-corrected chi connectivity index (χ1v) is 27.5. The quantitative estimate of drug-likeness (QED) is 0.0238. The fraction of sp³-hybridized carbons (Fsp3) is 0.441. The summed E-state index contributed by atoms with van der Waals surface area (Å²) < 4.78 is 74.1. The Kier molecular flexibility index (Phi) is 21.1. The van der Waals surface area contributed by atoms with Crippen LogP contribution in [-0.4, -0.2) is 245 Å². The van der Waals surface area contributed by atoms with Crippen molar-refractivity contribution in [2.45, 2.75) is 130 Å². The Morgan fingerprint density at radius 2 is 1.02 bits per heavy atom. The normalized spacial score (nSPS) is 32.3. The second kappa shape index (κ2) is 28.5. The van der Waals surface area contributed by atoms with Crippen molar-refractivity contribution in [3.05, 3.63) is 102 Å². The van der Waals surface area contributed by atoms with E-state index in [1.54, 1.807) is 12.1 Å². The number of phenolic OH excluding ortho intramolecular Hbond substituents is 3. The number of aromatic hydroxyl groups is 3. The van der Waals surface area contributed by atoms with Crippen LogP contribution in [0.25, 0.3) is 34.4 Å². The Morgan fingerprint density at radius 3 is 1.60 bits per heavy atom. The molecule has 30 heteroatoms. The number of esters is 2. The van der Waals surface area contributed by atoms with Gasteiger partial charge in [-0.1, -0.05) is 24.3 Å². The molecular formula is C59H67O30+. The van der Waals surface area contributed by atoms with Crippen molar-refractivity contribution < 1.29 is 147 Å². The fourth-order valence-corrected chi connectivity index (χ4v) is 9.89. The largest absolute Gasteiger partial charge is 0.508 e. The Hall–Kier alpha value is -7.57. The summed E-state index contributed by atoms with van der Waals surface area (Å²) >= 11 is 0. The molecule has 20 unspecified atom stereocenters. The smallest absolute Gasteiger partial charge is 0.402 e. The molecule has 1 aromatic heterocycles. The molecule has 0 bridgehead atoms. The van der Waals surface area contributed by atoms with Crippen molar-refractivity contribution in [1.29, 1.82) is 0 Å². The van der Waals surface area contributed by atoms with Gasteiger partial charge in [0.15, 0.2) is 23.9 Å². The molecule has 9 rings (SSSR count). The van der Waals surface area contributed by atoms with E-state index in [1.165, 1.54) is 87.9 Å². The maximum atomic E-state index is 13.1. The predicted octanol–water partition coefficient (Wildman–Crippen LogP) is -1.57. The molecule has 0 amide bonds. The van der Waals surface area contributed by atoms with E-state index >= 15 is 0 Å². The topological polar surface area (TPSA) is 460 Å². The van der Waals surface area contributed by atoms with E-state index in [2.05, 4.69) is 0 Å². The number of rotatable bonds is 20. The summed E-state index contributed by atoms with van der Waals surface area (Å²) in [5.74, 6) is -3.62. The number of carbonyl (C=O) groups excluding carboxylic acids is 2. The summed E-state index contributed by atoms with van der Waals surface area (Å²) in [4.78, 5) is 25.4. The first-order chi connectivity index (χ1) is 42.5. The van der Waals surface area contributed by atoms with E-state index < -0.39 is 166 Å². The number of carbonyl (C=O) groups is 2. The minimum Gasteiger partial charge on any atom is -0.508 e. The Morgan fingerprint density at radius 1 is 0.517 bits per heavy atom. The summed E-state index contributed by atoms with van der Waals surface area (Å²) in [5.41, 5.74) is 0.931. The van der Waals surface area contributed by atoms with E-state index in [0.717, 1.165) is 24.3 Å². The van der Waals surface area contributed by atoms with Crippen LogP contribution in [0.4, 0.5) is 0 Å². The SMILES string of the molecule is COc1cc(-c2[o+]c3cc(O)cc(OC4OC(CO)C(O)C(O)C4O)c3cc2OC2OC(COC3OC(C)C(OC(=O)C=Cc4ccc(OC5OC(COC(=O)C=Cc6ccc(O)cc6)C(O)C(O)C5O)cc4)C(O)C3O)C(O)C(O)C2O)cc(OC)c1O. The molecule has 4 aliphatic rings. The highest BCUT2D eigenvalue weighted by Gasteiger charge is 2.51. The summed E-state index contributed by atoms with van der Waals surface area (Å²) in [5, 5.41) is 160. The zero-order valence-corrected chi connectivity index (χ0v) is 47.3. The molecule has 0 radical (unpaired) electrons. The molecule has 5 aromatic rings. The highest BCUT2D eigenvalue weighted by molar-refractivity contribution is 5.90. The Balaban J connectivity index is 0.827. The first-order valence-electron chi connectivity index (χ1n) is 27.5. The van der Waals surface area contributed by atoms with Crippen molar-refractivity contribution in [3.63, 3.8) is 0 Å². The number of fused-ring (bicyclic) bond motifs is 1. The van der Waals surface area contributed by atoms with Gasteiger partial charge in [-0.05, 0) is 54.5 Å². The lowest BCUT2D eigenvalue weighted by Crippen LogP contribution is -2.62. The average Bonchev–Trinajstić information content (AvgIpc) is 1.16. The zero-order valence-electron chi connectivity index (χ0n) is 47.3. The number of phenols is 3. The third-order valence-corrected chi connectivity index (χ3v) is 14.9. The van der Waals surface area contributed by atoms with Gasteiger partial charge in [0, 0.05) is 36.4 Å². The van der Waals surface area contributed by atoms with Crippen LogP contribution >= 0.6 is 0 Å². The number of aliphatic hydroxyl groups is 12. The van der Waals surface area contributed by atoms with Crippen LogP contribution in [-0.2, 0) is 42.7 Å². The molecule has 482 valence electrons. The van der Waals surface area contributed by atoms with Crippen LogP contribution in [0.2, 0.25) is 0 Å². The third kappa shape index (κ3) is 14.9. The third-order valence-electron chi connectivity index (χ3n) is 14.9. The van der Waals surface area contributed by atoms with E-state index in [1.807, 2.05) is 0 Å². The highest BCUT2D eigenvalue weighted by atomic mass is 16.7. The molecule has 4 fully saturated rings. The predicted molar refractivity (Wildman–Crippen MR) is 297 cm³/mol. The lowest BCUT2D eigenvalue weighted by atomic mass is 9.98. The second-order valence-electron chi connectivity index (χ2n) is 21.0. The van der Waals surface area contributed by atoms with Crippen molar-refractivity contribution in [2.24, 2.45) is 0 Å². The minimum atomic E-state index is -2.03. The summed E-state index contributed by atoms with van der Waals surface area (Å²) in [7, 11) is 2.50. The van der Waals surface area contributed by atoms with Gasteiger partial charge in [0.1, 0.15) is 120 Å². The van der Waals surface area contributed by atoms with E-state index in [-0.39, 0.29) is 56.8 Å². The van der Waals surface area contributed by atoms with Crippen LogP contribution < -0.4 is 23.7 Å². The molecule has 30 nitrogen and oxygen atoms in total. The molecule has 4 aliphatic heterocycles. The average molecular weight is 1260 g/mol. The fourth-order valence-electron chi connectivity index (χ4n) is 9.89. The summed E-state index contributed by atoms with van der Waals surface area (Å²) in [6.07, 6.45) is -29.3. The molecule has 89 heavy (non-hydrogen) atoms. The number of benzene rings is 4. The van der Waals surface area contributed by atoms with E-state index in [0.29, 0.717) is 11.1 Å². The van der Waals surface area contributed by atoms with Crippen molar-refractivity contribution in [1.82, 2.24) is 0 Å². The number of aliphatic hydroxyl groups excluding tert-OH is 12. The van der Waals surface area contributed by atoms with E-state index in [9.17, 15) is 86.2 Å². The lowest BCUT2D eigenvalue weighted by molar-refractivity contribution is -0.319. The van der Waals surface area contributed by atoms with Gasteiger partial charge in [0.2, 0.25) is 30.4 Å². The van der Waals surface area contributed by atoms with Gasteiger partial charge < -0.3 is 133 Å². The first kappa shape index (κ1) is 65.9. The maximum Gasteiger partial charge on any atom is 0.402 e. The molecular weight excluding hydrogens is 1190 g/mol. The van der Waals surface area contributed by atoms with Gasteiger partial charge in [-0.3, -0.25) is 0 Å². The number of hydrogen-bond acceptors (Lipinski definition) is 29. The molecule has 0 aliphatic carbocycles. The minimum absolute atomic E-state index is 0.0375. The molecule has 15 N–H and O–H groups in total. The number of methoxy groups -OCH3 is 2. The van der Waals surface area contributed by atoms with Crippen molar-refractivity contribution in [2.75, 3.05) is 34.0 Å². The van der Waals surface area contributed by atoms with Crippen molar-refractivity contribution >= 4 is 35.1 Å². The van der Waals surface area contributed by atoms with Gasteiger partial charge >= 0.3 is 23.3 Å². The van der Waals surface area contributed by atoms with Gasteiger partial charge in [0.05, 0.1) is 45.2 Å². The molecule has 5 heterocycles. The molecule has 0 saturated carbocycles. The molecule has 20 atom stereocenters. The Labute approximate surface area is 504 Å². The molecule has 4 aromatic carbocycles. The summed E-state index contributed by atoms with van der Waals surface area (Å²) in [6.45, 7) is -0.640. The van der Waals surface area contributed by atoms with Gasteiger partial charge in [-0.15, -0.1) is 0 Å². The van der Waals surface area contributed by atoms with Gasteiger partial charge in [-0.25, -0.2) is 14.0 Å². The van der Waals surface area contributed by atoms with Crippen LogP contribution in [0.3, 0.4) is 0 Å². The van der Waals surface area contributed by atoms with Crippen molar-refractivity contribution in [3.8, 4) is 57.3 Å². The van der Waals surface area contributed by atoms with Crippen LogP contribution in [0, 0.1) is 0 Å². The van der Waals surface area contributed by atoms with Gasteiger partial charge in [0.25, 0.3) is 0 Å². The summed E-state index contributed by atoms with van der Waals surface area (Å²) in [6, 6.07) is 17.9. The van der Waals surface area contributed by atoms with E-state index in [4.69, 9.17) is 61.3 Å². The number of ether oxygens (including phenoxy) is 12. The highest BCUT2D eigenvalue weighted by Crippen LogP contribution is 2.46. The van der Waals surface area contributed by atoms with Gasteiger partial charge in [-0.2, -0.15) is 0 Å². The Bertz CT molecular complexity index is 3260. The molecule has 4 saturated heterocycles. The van der Waals surface area contributed by atoms with Crippen LogP contribution in [0.1, 0.15) is 18.1 Å². The monoisotopic (exact) mass is 1260 g/mol. The number of hydrogen-bond donors (Lipinski definition) is 15. The second-order valence-corrected chi connectivity index (χ2v) is 21.0. The van der Waals surface area contributed by atoms with Crippen LogP contribution in [0.15, 0.2) is 95.4 Å².